The molecule has 1 saturated carbocycles. The van der Waals surface area contributed by atoms with Gasteiger partial charge in [0.05, 0.1) is 5.69 Å². The van der Waals surface area contributed by atoms with Crippen LogP contribution in [0, 0.1) is 17.2 Å². The zero-order valence-corrected chi connectivity index (χ0v) is 13.1. The van der Waals surface area contributed by atoms with Crippen LogP contribution in [0.3, 0.4) is 0 Å². The van der Waals surface area contributed by atoms with E-state index in [2.05, 4.69) is 26.6 Å². The fourth-order valence-electron chi connectivity index (χ4n) is 3.27. The van der Waals surface area contributed by atoms with E-state index in [-0.39, 0.29) is 6.10 Å². The lowest BCUT2D eigenvalue weighted by molar-refractivity contribution is 0.0839. The number of H-pyrrole nitrogens is 1. The molecule has 0 radical (unpaired) electrons. The monoisotopic (exact) mass is 312 g/mol. The van der Waals surface area contributed by atoms with Crippen LogP contribution in [0.15, 0.2) is 12.4 Å². The maximum Gasteiger partial charge on any atom is 0.166 e. The smallest absolute Gasteiger partial charge is 0.166 e. The summed E-state index contributed by atoms with van der Waals surface area (Å²) in [6.07, 6.45) is 7.00. The van der Waals surface area contributed by atoms with Gasteiger partial charge in [-0.15, -0.1) is 0 Å². The Kier molecular flexibility index (Phi) is 3.54. The van der Waals surface area contributed by atoms with E-state index in [9.17, 15) is 5.26 Å². The molecule has 0 bridgehead atoms. The average molecular weight is 312 g/mol. The van der Waals surface area contributed by atoms with Crippen LogP contribution in [0.5, 0.6) is 0 Å². The quantitative estimate of drug-likeness (QED) is 0.882. The zero-order valence-electron chi connectivity index (χ0n) is 13.1. The van der Waals surface area contributed by atoms with Crippen LogP contribution in [0.1, 0.15) is 48.4 Å². The summed E-state index contributed by atoms with van der Waals surface area (Å²) in [5, 5.41) is 20.1. The Morgan fingerprint density at radius 1 is 1.48 bits per heavy atom. The lowest BCUT2D eigenvalue weighted by Crippen LogP contribution is -2.20. The van der Waals surface area contributed by atoms with Crippen molar-refractivity contribution in [1.82, 2.24) is 19.7 Å². The summed E-state index contributed by atoms with van der Waals surface area (Å²) in [7, 11) is 1.98. The Morgan fingerprint density at radius 3 is 3.04 bits per heavy atom. The van der Waals surface area contributed by atoms with Crippen molar-refractivity contribution in [1.29, 1.82) is 5.26 Å². The first-order valence-corrected chi connectivity index (χ1v) is 8.09. The van der Waals surface area contributed by atoms with Crippen molar-refractivity contribution in [2.45, 2.75) is 31.3 Å². The number of nitriles is 1. The summed E-state index contributed by atoms with van der Waals surface area (Å²) in [4.78, 5) is 4.41. The lowest BCUT2D eigenvalue weighted by atomic mass is 10.0. The number of hydrogen-bond donors (Lipinski definition) is 2. The molecule has 2 aliphatic rings. The summed E-state index contributed by atoms with van der Waals surface area (Å²) in [6, 6.07) is 2.28. The molecule has 2 aromatic heterocycles. The highest BCUT2D eigenvalue weighted by Gasteiger charge is 2.33. The van der Waals surface area contributed by atoms with Crippen molar-refractivity contribution in [2.24, 2.45) is 13.0 Å². The first kappa shape index (κ1) is 14.3. The molecular weight excluding hydrogens is 292 g/mol. The maximum atomic E-state index is 9.41. The minimum atomic E-state index is -0.00474. The minimum absolute atomic E-state index is 0.00474. The van der Waals surface area contributed by atoms with Crippen molar-refractivity contribution in [3.63, 3.8) is 0 Å². The highest BCUT2D eigenvalue weighted by molar-refractivity contribution is 5.56. The molecule has 1 saturated heterocycles. The van der Waals surface area contributed by atoms with Gasteiger partial charge in [-0.2, -0.15) is 10.4 Å². The van der Waals surface area contributed by atoms with E-state index in [1.54, 1.807) is 6.20 Å². The number of ether oxygens (including phenoxy) is 1. The fraction of sp³-hybridized carbons (Fsp3) is 0.562. The van der Waals surface area contributed by atoms with E-state index >= 15 is 0 Å². The zero-order chi connectivity index (χ0) is 15.8. The van der Waals surface area contributed by atoms with Gasteiger partial charge in [-0.3, -0.25) is 5.10 Å². The van der Waals surface area contributed by atoms with Crippen LogP contribution < -0.4 is 5.32 Å². The number of aromatic amines is 1. The number of imidazole rings is 1. The lowest BCUT2D eigenvalue weighted by Gasteiger charge is -2.18. The van der Waals surface area contributed by atoms with E-state index in [1.807, 2.05) is 17.8 Å². The summed E-state index contributed by atoms with van der Waals surface area (Å²) in [6.45, 7) is 1.46. The van der Waals surface area contributed by atoms with Gasteiger partial charge in [-0.05, 0) is 19.3 Å². The van der Waals surface area contributed by atoms with E-state index < -0.39 is 0 Å². The molecule has 4 rings (SSSR count). The Bertz CT molecular complexity index is 738. The van der Waals surface area contributed by atoms with Gasteiger partial charge in [0.25, 0.3) is 0 Å². The molecule has 2 atom stereocenters. The third kappa shape index (κ3) is 2.59. The number of aryl methyl sites for hydroxylation is 1. The number of rotatable bonds is 5. The predicted molar refractivity (Wildman–Crippen MR) is 83.8 cm³/mol. The van der Waals surface area contributed by atoms with Gasteiger partial charge in [0.2, 0.25) is 0 Å². The molecular formula is C16H20N6O. The second-order valence-electron chi connectivity index (χ2n) is 6.36. The SMILES string of the molecule is Cn1ccnc1[C@@H]1OCC[C@H]1CNc1n[nH]c(C2CC2)c1C#N. The van der Waals surface area contributed by atoms with Gasteiger partial charge in [0.15, 0.2) is 5.82 Å². The highest BCUT2D eigenvalue weighted by Crippen LogP contribution is 2.42. The first-order chi connectivity index (χ1) is 11.3. The molecule has 2 aromatic rings. The highest BCUT2D eigenvalue weighted by atomic mass is 16.5. The van der Waals surface area contributed by atoms with E-state index in [0.717, 1.165) is 43.9 Å². The standard InChI is InChI=1S/C16H20N6O/c1-22-6-5-18-16(22)14-11(4-7-23-14)9-19-15-12(8-17)13(20-21-15)10-2-3-10/h5-6,10-11,14H,2-4,7,9H2,1H3,(H2,19,20,21)/t11-,14+/m0/s1. The van der Waals surface area contributed by atoms with Gasteiger partial charge < -0.3 is 14.6 Å². The van der Waals surface area contributed by atoms with Crippen molar-refractivity contribution in [3.05, 3.63) is 29.5 Å². The van der Waals surface area contributed by atoms with Crippen LogP contribution in [0.2, 0.25) is 0 Å². The molecule has 2 N–H and O–H groups in total. The summed E-state index contributed by atoms with van der Waals surface area (Å²) < 4.78 is 7.88. The molecule has 7 nitrogen and oxygen atoms in total. The molecule has 1 aliphatic heterocycles. The van der Waals surface area contributed by atoms with E-state index in [4.69, 9.17) is 4.74 Å². The maximum absolute atomic E-state index is 9.41. The van der Waals surface area contributed by atoms with Gasteiger partial charge in [-0.25, -0.2) is 4.98 Å². The largest absolute Gasteiger partial charge is 0.370 e. The van der Waals surface area contributed by atoms with E-state index in [0.29, 0.717) is 23.2 Å². The van der Waals surface area contributed by atoms with Crippen LogP contribution in [-0.2, 0) is 11.8 Å². The Labute approximate surface area is 134 Å². The summed E-state index contributed by atoms with van der Waals surface area (Å²) >= 11 is 0. The topological polar surface area (TPSA) is 91.5 Å². The van der Waals surface area contributed by atoms with Gasteiger partial charge in [0.1, 0.15) is 23.6 Å². The van der Waals surface area contributed by atoms with Crippen molar-refractivity contribution < 1.29 is 4.74 Å². The molecule has 0 amide bonds. The first-order valence-electron chi connectivity index (χ1n) is 8.09. The molecule has 3 heterocycles. The molecule has 2 fully saturated rings. The molecule has 0 aromatic carbocycles. The Hall–Kier alpha value is -2.33. The second kappa shape index (κ2) is 5.70. The normalized spacial score (nSPS) is 23.8. The second-order valence-corrected chi connectivity index (χ2v) is 6.36. The number of aromatic nitrogens is 4. The van der Waals surface area contributed by atoms with Crippen LogP contribution in [0.25, 0.3) is 0 Å². The number of anilines is 1. The molecule has 7 heteroatoms. The summed E-state index contributed by atoms with van der Waals surface area (Å²) in [5.41, 5.74) is 1.65. The van der Waals surface area contributed by atoms with Crippen LogP contribution in [-0.4, -0.2) is 32.9 Å². The minimum Gasteiger partial charge on any atom is -0.370 e. The fourth-order valence-corrected chi connectivity index (χ4v) is 3.27. The molecule has 1 aliphatic carbocycles. The Morgan fingerprint density at radius 2 is 2.35 bits per heavy atom. The van der Waals surface area contributed by atoms with Gasteiger partial charge in [-0.1, -0.05) is 0 Å². The summed E-state index contributed by atoms with van der Waals surface area (Å²) in [5.74, 6) is 2.43. The third-order valence-electron chi connectivity index (χ3n) is 4.75. The van der Waals surface area contributed by atoms with Crippen LogP contribution in [0.4, 0.5) is 5.82 Å². The molecule has 23 heavy (non-hydrogen) atoms. The predicted octanol–water partition coefficient (Wildman–Crippen LogP) is 2.08. The average Bonchev–Trinajstić information content (AvgIpc) is 2.97. The number of hydrogen-bond acceptors (Lipinski definition) is 5. The van der Waals surface area contributed by atoms with Gasteiger partial charge >= 0.3 is 0 Å². The van der Waals surface area contributed by atoms with Gasteiger partial charge in [0, 0.05) is 44.4 Å². The van der Waals surface area contributed by atoms with Crippen molar-refractivity contribution in [2.75, 3.05) is 18.5 Å². The van der Waals surface area contributed by atoms with Crippen molar-refractivity contribution >= 4 is 5.82 Å². The Balaban J connectivity index is 1.46. The number of nitrogens with one attached hydrogen (secondary N) is 2. The third-order valence-corrected chi connectivity index (χ3v) is 4.75. The molecule has 0 unspecified atom stereocenters. The van der Waals surface area contributed by atoms with E-state index in [1.165, 1.54) is 0 Å². The van der Waals surface area contributed by atoms with Crippen molar-refractivity contribution in [3.8, 4) is 6.07 Å². The van der Waals surface area contributed by atoms with Crippen LogP contribution >= 0.6 is 0 Å². The molecule has 120 valence electrons. The molecule has 0 spiro atoms. The number of nitrogens with zero attached hydrogens (tertiary/aromatic N) is 4.